The first-order valence-corrected chi connectivity index (χ1v) is 7.19. The molecule has 2 aromatic rings. The van der Waals surface area contributed by atoms with Gasteiger partial charge in [-0.25, -0.2) is 0 Å². The van der Waals surface area contributed by atoms with E-state index in [1.807, 2.05) is 23.5 Å². The van der Waals surface area contributed by atoms with E-state index in [9.17, 15) is 0 Å². The summed E-state index contributed by atoms with van der Waals surface area (Å²) in [5, 5.41) is 0. The van der Waals surface area contributed by atoms with E-state index in [1.54, 1.807) is 6.26 Å². The Kier molecular flexibility index (Phi) is 4.99. The normalized spacial score (nSPS) is 12.8. The highest BCUT2D eigenvalue weighted by Crippen LogP contribution is 2.19. The summed E-state index contributed by atoms with van der Waals surface area (Å²) in [6, 6.07) is 8.65. The number of hydrogen-bond donors (Lipinski definition) is 2. The Labute approximate surface area is 112 Å². The molecule has 0 saturated carbocycles. The lowest BCUT2D eigenvalue weighted by Gasteiger charge is -2.13. The molecule has 0 bridgehead atoms. The molecular formula is C14H20N2OS. The molecule has 0 amide bonds. The largest absolute Gasteiger partial charge is 0.469 e. The van der Waals surface area contributed by atoms with Gasteiger partial charge in [0, 0.05) is 22.2 Å². The van der Waals surface area contributed by atoms with Crippen molar-refractivity contribution in [3.63, 3.8) is 0 Å². The number of aryl methyl sites for hydroxylation is 2. The van der Waals surface area contributed by atoms with Crippen LogP contribution in [0.1, 0.15) is 28.9 Å². The van der Waals surface area contributed by atoms with Crippen molar-refractivity contribution in [1.29, 1.82) is 0 Å². The highest BCUT2D eigenvalue weighted by molar-refractivity contribution is 7.11. The summed E-state index contributed by atoms with van der Waals surface area (Å²) in [5.41, 5.74) is 2.91. The first kappa shape index (κ1) is 13.3. The fourth-order valence-electron chi connectivity index (χ4n) is 1.98. The first-order valence-electron chi connectivity index (χ1n) is 6.38. The first-order chi connectivity index (χ1) is 8.81. The lowest BCUT2D eigenvalue weighted by atomic mass is 10.1. The molecule has 2 rings (SSSR count). The van der Waals surface area contributed by atoms with Gasteiger partial charge in [0.15, 0.2) is 0 Å². The third-order valence-electron chi connectivity index (χ3n) is 3.07. The average molecular weight is 264 g/mol. The monoisotopic (exact) mass is 264 g/mol. The summed E-state index contributed by atoms with van der Waals surface area (Å²) in [5.74, 6) is 6.65. The van der Waals surface area contributed by atoms with Crippen LogP contribution in [0.4, 0.5) is 0 Å². The minimum absolute atomic E-state index is 0.304. The van der Waals surface area contributed by atoms with Crippen molar-refractivity contribution in [2.75, 3.05) is 0 Å². The molecule has 0 radical (unpaired) electrons. The Morgan fingerprint density at radius 2 is 2.17 bits per heavy atom. The predicted octanol–water partition coefficient (Wildman–Crippen LogP) is 2.91. The highest BCUT2D eigenvalue weighted by Gasteiger charge is 2.10. The molecule has 1 unspecified atom stereocenters. The topological polar surface area (TPSA) is 51.2 Å². The van der Waals surface area contributed by atoms with Crippen molar-refractivity contribution in [3.05, 3.63) is 46.0 Å². The molecule has 2 heterocycles. The minimum Gasteiger partial charge on any atom is -0.469 e. The maximum atomic E-state index is 5.62. The summed E-state index contributed by atoms with van der Waals surface area (Å²) in [6.45, 7) is 2.19. The fourth-order valence-corrected chi connectivity index (χ4v) is 3.02. The van der Waals surface area contributed by atoms with E-state index in [0.717, 1.165) is 31.4 Å². The van der Waals surface area contributed by atoms with Gasteiger partial charge in [-0.05, 0) is 43.5 Å². The lowest BCUT2D eigenvalue weighted by molar-refractivity contribution is 0.449. The second-order valence-corrected chi connectivity index (χ2v) is 5.66. The van der Waals surface area contributed by atoms with E-state index in [4.69, 9.17) is 10.3 Å². The molecule has 0 saturated heterocycles. The standard InChI is InChI=1S/C14H20N2OS/c1-2-13-7-8-14(18-13)10-11(16-15)5-6-12-4-3-9-17-12/h3-4,7-9,11,16H,2,5-6,10,15H2,1H3. The highest BCUT2D eigenvalue weighted by atomic mass is 32.1. The van der Waals surface area contributed by atoms with Crippen molar-refractivity contribution in [2.45, 2.75) is 38.6 Å². The molecular weight excluding hydrogens is 244 g/mol. The van der Waals surface area contributed by atoms with Crippen LogP contribution in [0, 0.1) is 0 Å². The van der Waals surface area contributed by atoms with E-state index in [0.29, 0.717) is 6.04 Å². The third-order valence-corrected chi connectivity index (χ3v) is 4.32. The summed E-state index contributed by atoms with van der Waals surface area (Å²) in [6.07, 6.45) is 5.73. The smallest absolute Gasteiger partial charge is 0.103 e. The summed E-state index contributed by atoms with van der Waals surface area (Å²) in [4.78, 5) is 2.83. The Morgan fingerprint density at radius 1 is 1.33 bits per heavy atom. The second kappa shape index (κ2) is 6.73. The van der Waals surface area contributed by atoms with Gasteiger partial charge in [-0.3, -0.25) is 11.3 Å². The second-order valence-electron chi connectivity index (χ2n) is 4.41. The molecule has 4 heteroatoms. The molecule has 3 N–H and O–H groups in total. The van der Waals surface area contributed by atoms with E-state index in [1.165, 1.54) is 9.75 Å². The van der Waals surface area contributed by atoms with Crippen LogP contribution in [0.3, 0.4) is 0 Å². The quantitative estimate of drug-likeness (QED) is 0.597. The van der Waals surface area contributed by atoms with Gasteiger partial charge in [0.05, 0.1) is 6.26 Å². The number of nitrogens with one attached hydrogen (secondary N) is 1. The van der Waals surface area contributed by atoms with Gasteiger partial charge in [-0.2, -0.15) is 0 Å². The van der Waals surface area contributed by atoms with Gasteiger partial charge in [-0.1, -0.05) is 6.92 Å². The van der Waals surface area contributed by atoms with Crippen molar-refractivity contribution < 1.29 is 4.42 Å². The van der Waals surface area contributed by atoms with Crippen molar-refractivity contribution in [3.8, 4) is 0 Å². The molecule has 98 valence electrons. The van der Waals surface area contributed by atoms with Crippen molar-refractivity contribution >= 4 is 11.3 Å². The van der Waals surface area contributed by atoms with Gasteiger partial charge < -0.3 is 4.42 Å². The zero-order valence-corrected chi connectivity index (χ0v) is 11.5. The molecule has 3 nitrogen and oxygen atoms in total. The minimum atomic E-state index is 0.304. The lowest BCUT2D eigenvalue weighted by Crippen LogP contribution is -2.36. The number of hydrogen-bond acceptors (Lipinski definition) is 4. The van der Waals surface area contributed by atoms with Gasteiger partial charge in [0.1, 0.15) is 5.76 Å². The predicted molar refractivity (Wildman–Crippen MR) is 75.5 cm³/mol. The molecule has 0 aliphatic heterocycles. The van der Waals surface area contributed by atoms with Crippen molar-refractivity contribution in [1.82, 2.24) is 5.43 Å². The average Bonchev–Trinajstić information content (AvgIpc) is 3.05. The summed E-state index contributed by atoms with van der Waals surface area (Å²) >= 11 is 1.88. The van der Waals surface area contributed by atoms with Crippen LogP contribution in [0.2, 0.25) is 0 Å². The number of furan rings is 1. The number of thiophene rings is 1. The summed E-state index contributed by atoms with van der Waals surface area (Å²) in [7, 11) is 0. The summed E-state index contributed by atoms with van der Waals surface area (Å²) < 4.78 is 5.33. The molecule has 2 aromatic heterocycles. The number of hydrazine groups is 1. The number of nitrogens with two attached hydrogens (primary N) is 1. The SMILES string of the molecule is CCc1ccc(CC(CCc2ccco2)NN)s1. The molecule has 0 aliphatic carbocycles. The maximum Gasteiger partial charge on any atom is 0.103 e. The molecule has 0 fully saturated rings. The maximum absolute atomic E-state index is 5.62. The third kappa shape index (κ3) is 3.70. The zero-order chi connectivity index (χ0) is 12.8. The molecule has 0 aliphatic rings. The van der Waals surface area contributed by atoms with Crippen LogP contribution in [-0.4, -0.2) is 6.04 Å². The van der Waals surface area contributed by atoms with Crippen LogP contribution in [0.15, 0.2) is 34.9 Å². The van der Waals surface area contributed by atoms with Crippen LogP contribution in [0.25, 0.3) is 0 Å². The van der Waals surface area contributed by atoms with E-state index < -0.39 is 0 Å². The van der Waals surface area contributed by atoms with Crippen LogP contribution in [0.5, 0.6) is 0 Å². The van der Waals surface area contributed by atoms with Gasteiger partial charge in [0.2, 0.25) is 0 Å². The van der Waals surface area contributed by atoms with Gasteiger partial charge >= 0.3 is 0 Å². The van der Waals surface area contributed by atoms with Gasteiger partial charge in [-0.15, -0.1) is 11.3 Å². The molecule has 0 spiro atoms. The number of rotatable bonds is 7. The van der Waals surface area contributed by atoms with E-state index >= 15 is 0 Å². The Hall–Kier alpha value is -1.10. The zero-order valence-electron chi connectivity index (χ0n) is 10.7. The van der Waals surface area contributed by atoms with Crippen LogP contribution < -0.4 is 11.3 Å². The molecule has 0 aromatic carbocycles. The Morgan fingerprint density at radius 3 is 2.78 bits per heavy atom. The van der Waals surface area contributed by atoms with Crippen LogP contribution in [-0.2, 0) is 19.3 Å². The van der Waals surface area contributed by atoms with E-state index in [-0.39, 0.29) is 0 Å². The molecule has 18 heavy (non-hydrogen) atoms. The Balaban J connectivity index is 1.84. The Bertz CT molecular complexity index is 450. The van der Waals surface area contributed by atoms with Gasteiger partial charge in [0.25, 0.3) is 0 Å². The van der Waals surface area contributed by atoms with E-state index in [2.05, 4.69) is 24.5 Å². The van der Waals surface area contributed by atoms with Crippen LogP contribution >= 0.6 is 11.3 Å². The fraction of sp³-hybridized carbons (Fsp3) is 0.429. The molecule has 1 atom stereocenters. The van der Waals surface area contributed by atoms with Crippen molar-refractivity contribution in [2.24, 2.45) is 5.84 Å².